The number of ether oxygens (including phenoxy) is 1. The van der Waals surface area contributed by atoms with Crippen molar-refractivity contribution in [1.82, 2.24) is 15.3 Å². The molecule has 1 N–H and O–H groups in total. The summed E-state index contributed by atoms with van der Waals surface area (Å²) in [5.41, 5.74) is 1.82. The predicted molar refractivity (Wildman–Crippen MR) is 85.9 cm³/mol. The maximum Gasteiger partial charge on any atom is 0.306 e. The monoisotopic (exact) mass is 361 g/mol. The van der Waals surface area contributed by atoms with Gasteiger partial charge in [-0.2, -0.15) is 8.78 Å². The molecule has 1 heterocycles. The summed E-state index contributed by atoms with van der Waals surface area (Å²) in [5.74, 6) is -3.46. The maximum absolute atomic E-state index is 12.4. The number of rotatable bonds is 8. The fourth-order valence-electron chi connectivity index (χ4n) is 2.01. The van der Waals surface area contributed by atoms with Crippen LogP contribution in [0.1, 0.15) is 37.2 Å². The minimum atomic E-state index is -2.58. The summed E-state index contributed by atoms with van der Waals surface area (Å²) in [6.45, 7) is 6.65. The van der Waals surface area contributed by atoms with Gasteiger partial charge in [0, 0.05) is 23.9 Å². The average Bonchev–Trinajstić information content (AvgIpc) is 2.42. The van der Waals surface area contributed by atoms with Crippen LogP contribution in [-0.4, -0.2) is 40.3 Å². The summed E-state index contributed by atoms with van der Waals surface area (Å²) in [4.78, 5) is 31.1. The Balaban J connectivity index is 2.55. The van der Waals surface area contributed by atoms with Gasteiger partial charge in [0.15, 0.2) is 11.8 Å². The second kappa shape index (κ2) is 9.51. The van der Waals surface area contributed by atoms with Gasteiger partial charge in [-0.3, -0.25) is 9.59 Å². The molecule has 1 amide bonds. The molecule has 9 heteroatoms. The van der Waals surface area contributed by atoms with Gasteiger partial charge in [0.2, 0.25) is 0 Å². The molecule has 0 aliphatic rings. The Bertz CT molecular complexity index is 574. The number of thioether (sulfide) groups is 1. The molecular formula is C15H21F2N3O3S. The van der Waals surface area contributed by atoms with Crippen molar-refractivity contribution in [2.45, 2.75) is 57.5 Å². The number of halogens is 2. The highest BCUT2D eigenvalue weighted by Gasteiger charge is 2.15. The zero-order chi connectivity index (χ0) is 18.3. The number of amides is 1. The molecule has 0 spiro atoms. The first-order valence-corrected chi connectivity index (χ1v) is 8.31. The van der Waals surface area contributed by atoms with Gasteiger partial charge in [0.05, 0.1) is 0 Å². The molecule has 0 atom stereocenters. The molecule has 1 rings (SSSR count). The van der Waals surface area contributed by atoms with E-state index < -0.39 is 11.7 Å². The lowest BCUT2D eigenvalue weighted by Crippen LogP contribution is -2.34. The van der Waals surface area contributed by atoms with Crippen molar-refractivity contribution >= 4 is 23.6 Å². The molecule has 24 heavy (non-hydrogen) atoms. The Hall–Kier alpha value is -1.77. The highest BCUT2D eigenvalue weighted by molar-refractivity contribution is 7.99. The Kier molecular flexibility index (Phi) is 8.03. The van der Waals surface area contributed by atoms with Crippen LogP contribution in [0.25, 0.3) is 0 Å². The van der Waals surface area contributed by atoms with Crippen molar-refractivity contribution < 1.29 is 23.1 Å². The third-order valence-corrected chi connectivity index (χ3v) is 3.56. The van der Waals surface area contributed by atoms with E-state index in [0.717, 1.165) is 5.56 Å². The fraction of sp³-hybridized carbons (Fsp3) is 0.600. The first-order valence-electron chi connectivity index (χ1n) is 7.43. The van der Waals surface area contributed by atoms with Crippen molar-refractivity contribution in [3.05, 3.63) is 17.0 Å². The number of nitrogens with one attached hydrogen (secondary N) is 1. The first kappa shape index (κ1) is 20.3. The molecule has 1 aromatic heterocycles. The van der Waals surface area contributed by atoms with Gasteiger partial charge in [-0.25, -0.2) is 9.97 Å². The molecule has 0 bridgehead atoms. The molecule has 0 saturated heterocycles. The molecule has 1 aromatic rings. The molecule has 0 fully saturated rings. The van der Waals surface area contributed by atoms with E-state index in [1.807, 2.05) is 0 Å². The van der Waals surface area contributed by atoms with E-state index in [9.17, 15) is 18.4 Å². The standard InChI is InChI=1S/C15H21F2N3O3S/c1-8(2)18-12(21)7-23-13(22)6-5-11-9(3)19-15(20-10(11)4)24-14(16)17/h8,14H,5-7H2,1-4H3,(H,18,21). The second-order valence-electron chi connectivity index (χ2n) is 5.42. The average molecular weight is 361 g/mol. The van der Waals surface area contributed by atoms with Gasteiger partial charge < -0.3 is 10.1 Å². The van der Waals surface area contributed by atoms with Crippen LogP contribution < -0.4 is 5.32 Å². The van der Waals surface area contributed by atoms with Crippen molar-refractivity contribution in [2.75, 3.05) is 6.61 Å². The topological polar surface area (TPSA) is 81.2 Å². The van der Waals surface area contributed by atoms with E-state index in [0.29, 0.717) is 17.8 Å². The number of aromatic nitrogens is 2. The van der Waals surface area contributed by atoms with Gasteiger partial charge in [-0.15, -0.1) is 0 Å². The smallest absolute Gasteiger partial charge is 0.306 e. The third-order valence-electron chi connectivity index (χ3n) is 2.99. The van der Waals surface area contributed by atoms with Gasteiger partial charge in [0.25, 0.3) is 11.7 Å². The number of hydrogen-bond acceptors (Lipinski definition) is 6. The number of carbonyl (C=O) groups is 2. The number of alkyl halides is 2. The molecule has 6 nitrogen and oxygen atoms in total. The zero-order valence-electron chi connectivity index (χ0n) is 14.1. The highest BCUT2D eigenvalue weighted by Crippen LogP contribution is 2.24. The lowest BCUT2D eigenvalue weighted by atomic mass is 10.1. The maximum atomic E-state index is 12.4. The minimum absolute atomic E-state index is 0.0108. The normalized spacial score (nSPS) is 11.0. The summed E-state index contributed by atoms with van der Waals surface area (Å²) < 4.78 is 29.6. The van der Waals surface area contributed by atoms with Gasteiger partial charge >= 0.3 is 5.97 Å². The Labute approximate surface area is 143 Å². The van der Waals surface area contributed by atoms with E-state index in [4.69, 9.17) is 4.74 Å². The van der Waals surface area contributed by atoms with Crippen LogP contribution in [0.2, 0.25) is 0 Å². The SMILES string of the molecule is Cc1nc(SC(F)F)nc(C)c1CCC(=O)OCC(=O)NC(C)C. The van der Waals surface area contributed by atoms with Gasteiger partial charge in [-0.05, 0) is 51.4 Å². The summed E-state index contributed by atoms with van der Waals surface area (Å²) in [6.07, 6.45) is 0.378. The van der Waals surface area contributed by atoms with Crippen molar-refractivity contribution in [3.63, 3.8) is 0 Å². The van der Waals surface area contributed by atoms with Crippen molar-refractivity contribution in [1.29, 1.82) is 0 Å². The quantitative estimate of drug-likeness (QED) is 0.435. The van der Waals surface area contributed by atoms with Crippen LogP contribution in [0, 0.1) is 13.8 Å². The number of nitrogens with zero attached hydrogens (tertiary/aromatic N) is 2. The van der Waals surface area contributed by atoms with E-state index in [1.165, 1.54) is 0 Å². The summed E-state index contributed by atoms with van der Waals surface area (Å²) in [5, 5.41) is 2.62. The third kappa shape index (κ3) is 7.20. The zero-order valence-corrected chi connectivity index (χ0v) is 14.9. The number of hydrogen-bond donors (Lipinski definition) is 1. The molecule has 0 aliphatic heterocycles. The Morgan fingerprint density at radius 1 is 1.21 bits per heavy atom. The van der Waals surface area contributed by atoms with Crippen molar-refractivity contribution in [3.8, 4) is 0 Å². The number of esters is 1. The lowest BCUT2D eigenvalue weighted by molar-refractivity contribution is -0.148. The molecule has 0 unspecified atom stereocenters. The van der Waals surface area contributed by atoms with E-state index in [-0.39, 0.29) is 41.9 Å². The largest absolute Gasteiger partial charge is 0.456 e. The summed E-state index contributed by atoms with van der Waals surface area (Å²) in [6, 6.07) is -0.0247. The molecule has 134 valence electrons. The van der Waals surface area contributed by atoms with Crippen LogP contribution >= 0.6 is 11.8 Å². The van der Waals surface area contributed by atoms with Gasteiger partial charge in [-0.1, -0.05) is 0 Å². The predicted octanol–water partition coefficient (Wildman–Crippen LogP) is 2.41. The van der Waals surface area contributed by atoms with Crippen LogP contribution in [0.3, 0.4) is 0 Å². The highest BCUT2D eigenvalue weighted by atomic mass is 32.2. The molecule has 0 aliphatic carbocycles. The van der Waals surface area contributed by atoms with E-state index in [1.54, 1.807) is 27.7 Å². The number of aryl methyl sites for hydroxylation is 2. The van der Waals surface area contributed by atoms with Gasteiger partial charge in [0.1, 0.15) is 0 Å². The fourth-order valence-corrected chi connectivity index (χ4v) is 2.55. The van der Waals surface area contributed by atoms with Crippen LogP contribution in [-0.2, 0) is 20.7 Å². The summed E-state index contributed by atoms with van der Waals surface area (Å²) >= 11 is 0.284. The van der Waals surface area contributed by atoms with Crippen LogP contribution in [0.5, 0.6) is 0 Å². The van der Waals surface area contributed by atoms with Crippen LogP contribution in [0.15, 0.2) is 5.16 Å². The molecule has 0 radical (unpaired) electrons. The molecule has 0 aromatic carbocycles. The second-order valence-corrected chi connectivity index (χ2v) is 6.37. The minimum Gasteiger partial charge on any atom is -0.456 e. The summed E-state index contributed by atoms with van der Waals surface area (Å²) in [7, 11) is 0. The van der Waals surface area contributed by atoms with E-state index >= 15 is 0 Å². The van der Waals surface area contributed by atoms with Crippen LogP contribution in [0.4, 0.5) is 8.78 Å². The molecule has 0 saturated carbocycles. The Morgan fingerprint density at radius 3 is 2.29 bits per heavy atom. The molecular weight excluding hydrogens is 340 g/mol. The van der Waals surface area contributed by atoms with Crippen molar-refractivity contribution in [2.24, 2.45) is 0 Å². The number of carbonyl (C=O) groups excluding carboxylic acids is 2. The first-order chi connectivity index (χ1) is 11.2. The van der Waals surface area contributed by atoms with E-state index in [2.05, 4.69) is 15.3 Å². The Morgan fingerprint density at radius 2 is 1.79 bits per heavy atom. The lowest BCUT2D eigenvalue weighted by Gasteiger charge is -2.11.